The molecular weight excluding hydrogens is 282 g/mol. The Labute approximate surface area is 127 Å². The van der Waals surface area contributed by atoms with E-state index < -0.39 is 5.54 Å². The molecule has 0 N–H and O–H groups in total. The molecule has 3 amide bonds. The second-order valence-corrected chi connectivity index (χ2v) is 5.78. The van der Waals surface area contributed by atoms with E-state index in [1.807, 2.05) is 6.92 Å². The van der Waals surface area contributed by atoms with Crippen LogP contribution in [0.4, 0.5) is 10.5 Å². The first-order valence-corrected chi connectivity index (χ1v) is 7.23. The molecule has 2 aliphatic rings. The maximum atomic E-state index is 12.7. The van der Waals surface area contributed by atoms with Gasteiger partial charge in [0.15, 0.2) is 5.82 Å². The molecule has 0 bridgehead atoms. The molecule has 0 unspecified atom stereocenters. The van der Waals surface area contributed by atoms with E-state index in [2.05, 4.69) is 10.1 Å². The molecule has 0 aromatic carbocycles. The summed E-state index contributed by atoms with van der Waals surface area (Å²) < 4.78 is 1.62. The predicted molar refractivity (Wildman–Crippen MR) is 78.6 cm³/mol. The number of imide groups is 1. The minimum absolute atomic E-state index is 0.163. The molecule has 2 aliphatic heterocycles. The van der Waals surface area contributed by atoms with Crippen molar-refractivity contribution in [3.63, 3.8) is 0 Å². The summed E-state index contributed by atoms with van der Waals surface area (Å²) in [7, 11) is 0. The lowest BCUT2D eigenvalue weighted by molar-refractivity contribution is -0.123. The molecule has 4 rings (SSSR count). The first-order chi connectivity index (χ1) is 10.6. The zero-order valence-electron chi connectivity index (χ0n) is 12.1. The fraction of sp³-hybridized carbons (Fsp3) is 0.333. The first-order valence-electron chi connectivity index (χ1n) is 7.23. The second kappa shape index (κ2) is 4.40. The highest BCUT2D eigenvalue weighted by Gasteiger charge is 2.56. The fourth-order valence-electron chi connectivity index (χ4n) is 3.22. The molecule has 1 atom stereocenters. The van der Waals surface area contributed by atoms with Gasteiger partial charge in [-0.15, -0.1) is 0 Å². The SMILES string of the molecule is C[C@@]12CCCN1C(=O)N(c1ccc(-n3cccn3)nc1)C2=O. The summed E-state index contributed by atoms with van der Waals surface area (Å²) in [6.45, 7) is 2.47. The molecule has 2 aromatic heterocycles. The van der Waals surface area contributed by atoms with Crippen LogP contribution in [0.15, 0.2) is 36.8 Å². The molecule has 0 aliphatic carbocycles. The summed E-state index contributed by atoms with van der Waals surface area (Å²) in [6, 6.07) is 5.02. The van der Waals surface area contributed by atoms with Gasteiger partial charge in [0.2, 0.25) is 0 Å². The van der Waals surface area contributed by atoms with Crippen LogP contribution >= 0.6 is 0 Å². The van der Waals surface area contributed by atoms with Crippen molar-refractivity contribution in [3.8, 4) is 5.82 Å². The smallest absolute Gasteiger partial charge is 0.309 e. The molecule has 7 heteroatoms. The van der Waals surface area contributed by atoms with E-state index in [0.717, 1.165) is 6.42 Å². The van der Waals surface area contributed by atoms with Crippen molar-refractivity contribution in [2.75, 3.05) is 11.4 Å². The molecule has 112 valence electrons. The van der Waals surface area contributed by atoms with Crippen molar-refractivity contribution in [1.29, 1.82) is 0 Å². The Balaban J connectivity index is 1.68. The summed E-state index contributed by atoms with van der Waals surface area (Å²) in [6.07, 6.45) is 6.58. The highest BCUT2D eigenvalue weighted by atomic mass is 16.2. The molecule has 7 nitrogen and oxygen atoms in total. The van der Waals surface area contributed by atoms with Crippen LogP contribution in [-0.4, -0.2) is 43.7 Å². The van der Waals surface area contributed by atoms with Crippen molar-refractivity contribution in [1.82, 2.24) is 19.7 Å². The van der Waals surface area contributed by atoms with Gasteiger partial charge in [-0.2, -0.15) is 5.10 Å². The van der Waals surface area contributed by atoms with E-state index in [-0.39, 0.29) is 11.9 Å². The molecule has 2 saturated heterocycles. The van der Waals surface area contributed by atoms with Crippen LogP contribution in [0.5, 0.6) is 0 Å². The van der Waals surface area contributed by atoms with Crippen LogP contribution in [0, 0.1) is 0 Å². The number of amides is 3. The third-order valence-corrected chi connectivity index (χ3v) is 4.46. The Bertz CT molecular complexity index is 740. The van der Waals surface area contributed by atoms with E-state index in [1.54, 1.807) is 46.4 Å². The lowest BCUT2D eigenvalue weighted by atomic mass is 9.99. The first kappa shape index (κ1) is 13.0. The second-order valence-electron chi connectivity index (χ2n) is 5.78. The summed E-state index contributed by atoms with van der Waals surface area (Å²) in [5.74, 6) is 0.475. The van der Waals surface area contributed by atoms with Gasteiger partial charge in [-0.3, -0.25) is 4.79 Å². The van der Waals surface area contributed by atoms with Gasteiger partial charge in [0, 0.05) is 18.9 Å². The monoisotopic (exact) mass is 297 g/mol. The summed E-state index contributed by atoms with van der Waals surface area (Å²) in [4.78, 5) is 32.3. The molecule has 4 heterocycles. The van der Waals surface area contributed by atoms with Gasteiger partial charge in [-0.25, -0.2) is 19.4 Å². The summed E-state index contributed by atoms with van der Waals surface area (Å²) in [5, 5.41) is 4.10. The summed E-state index contributed by atoms with van der Waals surface area (Å²) >= 11 is 0. The van der Waals surface area contributed by atoms with Crippen molar-refractivity contribution in [2.24, 2.45) is 0 Å². The number of hydrogen-bond acceptors (Lipinski definition) is 4. The van der Waals surface area contributed by atoms with Gasteiger partial charge in [0.1, 0.15) is 5.54 Å². The Kier molecular flexibility index (Phi) is 2.60. The van der Waals surface area contributed by atoms with Crippen LogP contribution < -0.4 is 4.90 Å². The van der Waals surface area contributed by atoms with Gasteiger partial charge in [-0.05, 0) is 38.0 Å². The van der Waals surface area contributed by atoms with Crippen molar-refractivity contribution in [3.05, 3.63) is 36.8 Å². The number of carbonyl (C=O) groups is 2. The predicted octanol–water partition coefficient (Wildman–Crippen LogP) is 1.59. The lowest BCUT2D eigenvalue weighted by Gasteiger charge is -2.22. The van der Waals surface area contributed by atoms with E-state index in [9.17, 15) is 9.59 Å². The number of rotatable bonds is 2. The van der Waals surface area contributed by atoms with Crippen LogP contribution in [0.25, 0.3) is 5.82 Å². The fourth-order valence-corrected chi connectivity index (χ4v) is 3.22. The van der Waals surface area contributed by atoms with Gasteiger partial charge < -0.3 is 4.90 Å². The largest absolute Gasteiger partial charge is 0.332 e. The Morgan fingerprint density at radius 2 is 2.14 bits per heavy atom. The topological polar surface area (TPSA) is 71.3 Å². The minimum atomic E-state index is -0.697. The molecular formula is C15H15N5O2. The molecule has 2 fully saturated rings. The zero-order valence-corrected chi connectivity index (χ0v) is 12.1. The number of carbonyl (C=O) groups excluding carboxylic acids is 2. The molecule has 0 saturated carbocycles. The molecule has 0 radical (unpaired) electrons. The third kappa shape index (κ3) is 1.62. The Hall–Kier alpha value is -2.70. The Morgan fingerprint density at radius 1 is 1.27 bits per heavy atom. The van der Waals surface area contributed by atoms with E-state index in [4.69, 9.17) is 0 Å². The highest BCUT2D eigenvalue weighted by molar-refractivity contribution is 6.23. The quantitative estimate of drug-likeness (QED) is 0.789. The van der Waals surface area contributed by atoms with Crippen LogP contribution in [0.3, 0.4) is 0 Å². The van der Waals surface area contributed by atoms with E-state index >= 15 is 0 Å². The van der Waals surface area contributed by atoms with Gasteiger partial charge in [-0.1, -0.05) is 0 Å². The summed E-state index contributed by atoms with van der Waals surface area (Å²) in [5.41, 5.74) is -0.195. The van der Waals surface area contributed by atoms with Gasteiger partial charge in [0.05, 0.1) is 11.9 Å². The molecule has 0 spiro atoms. The van der Waals surface area contributed by atoms with Crippen LogP contribution in [-0.2, 0) is 4.79 Å². The van der Waals surface area contributed by atoms with E-state index in [1.165, 1.54) is 4.90 Å². The molecule has 2 aromatic rings. The average molecular weight is 297 g/mol. The normalized spacial score (nSPS) is 24.2. The van der Waals surface area contributed by atoms with Crippen LogP contribution in [0.1, 0.15) is 19.8 Å². The number of pyridine rings is 1. The maximum absolute atomic E-state index is 12.7. The third-order valence-electron chi connectivity index (χ3n) is 4.46. The van der Waals surface area contributed by atoms with E-state index in [0.29, 0.717) is 24.5 Å². The standard InChI is InChI=1S/C15H15N5O2/c1-15-6-2-8-18(15)14(22)20(13(15)21)11-4-5-12(16-10-11)19-9-3-7-17-19/h3-5,7,9-10H,2,6,8H2,1H3/t15-/m0/s1. The zero-order chi connectivity index (χ0) is 15.3. The van der Waals surface area contributed by atoms with Gasteiger partial charge >= 0.3 is 6.03 Å². The molecule has 22 heavy (non-hydrogen) atoms. The number of hydrogen-bond donors (Lipinski definition) is 0. The van der Waals surface area contributed by atoms with Crippen molar-refractivity contribution in [2.45, 2.75) is 25.3 Å². The Morgan fingerprint density at radius 3 is 2.77 bits per heavy atom. The number of anilines is 1. The highest BCUT2D eigenvalue weighted by Crippen LogP contribution is 2.39. The number of urea groups is 1. The number of nitrogens with zero attached hydrogens (tertiary/aromatic N) is 5. The number of fused-ring (bicyclic) bond motifs is 1. The van der Waals surface area contributed by atoms with Gasteiger partial charge in [0.25, 0.3) is 5.91 Å². The van der Waals surface area contributed by atoms with Crippen LogP contribution in [0.2, 0.25) is 0 Å². The average Bonchev–Trinajstić information content (AvgIpc) is 3.21. The number of aromatic nitrogens is 3. The lowest BCUT2D eigenvalue weighted by Crippen LogP contribution is -2.41. The van der Waals surface area contributed by atoms with Crippen molar-refractivity contribution >= 4 is 17.6 Å². The maximum Gasteiger partial charge on any atom is 0.332 e. The van der Waals surface area contributed by atoms with Crippen molar-refractivity contribution < 1.29 is 9.59 Å². The minimum Gasteiger partial charge on any atom is -0.309 e.